The van der Waals surface area contributed by atoms with Gasteiger partial charge in [-0.15, -0.1) is 0 Å². The van der Waals surface area contributed by atoms with E-state index in [9.17, 15) is 0 Å². The maximum Gasteiger partial charge on any atom is 0.0677 e. The first-order chi connectivity index (χ1) is 7.61. The van der Waals surface area contributed by atoms with Gasteiger partial charge in [-0.2, -0.15) is 5.10 Å². The third kappa shape index (κ3) is 1.74. The smallest absolute Gasteiger partial charge is 0.0677 e. The van der Waals surface area contributed by atoms with E-state index in [4.69, 9.17) is 5.73 Å². The quantitative estimate of drug-likeness (QED) is 0.836. The Morgan fingerprint density at radius 2 is 1.94 bits per heavy atom. The topological polar surface area (TPSA) is 43.8 Å². The van der Waals surface area contributed by atoms with Gasteiger partial charge in [-0.1, -0.05) is 18.2 Å². The molecule has 16 heavy (non-hydrogen) atoms. The van der Waals surface area contributed by atoms with Crippen LogP contribution in [0.4, 0.5) is 0 Å². The van der Waals surface area contributed by atoms with Crippen molar-refractivity contribution >= 4 is 0 Å². The van der Waals surface area contributed by atoms with Gasteiger partial charge in [0.1, 0.15) is 0 Å². The zero-order chi connectivity index (χ0) is 11.7. The number of hydrogen-bond acceptors (Lipinski definition) is 2. The second-order valence-electron chi connectivity index (χ2n) is 4.17. The first-order valence-electron chi connectivity index (χ1n) is 5.47. The maximum absolute atomic E-state index is 5.89. The summed E-state index contributed by atoms with van der Waals surface area (Å²) >= 11 is 0. The zero-order valence-electron chi connectivity index (χ0n) is 9.94. The highest BCUT2D eigenvalue weighted by atomic mass is 15.3. The molecule has 0 spiro atoms. The minimum atomic E-state index is 0.0257. The predicted molar refractivity (Wildman–Crippen MR) is 65.6 cm³/mol. The fraction of sp³-hybridized carbons (Fsp3) is 0.308. The molecule has 1 aromatic heterocycles. The SMILES string of the molecule is Cc1ccccc1-n1ncc([C@@H](C)N)c1C. The Morgan fingerprint density at radius 3 is 2.50 bits per heavy atom. The lowest BCUT2D eigenvalue weighted by Crippen LogP contribution is -2.07. The molecule has 0 saturated heterocycles. The molecular formula is C13H17N3. The van der Waals surface area contributed by atoms with E-state index in [1.807, 2.05) is 29.9 Å². The van der Waals surface area contributed by atoms with Crippen molar-refractivity contribution in [1.29, 1.82) is 0 Å². The van der Waals surface area contributed by atoms with Gasteiger partial charge < -0.3 is 5.73 Å². The summed E-state index contributed by atoms with van der Waals surface area (Å²) in [5.41, 5.74) is 10.4. The Bertz CT molecular complexity index is 498. The number of benzene rings is 1. The van der Waals surface area contributed by atoms with Crippen LogP contribution in [0.1, 0.15) is 29.8 Å². The second kappa shape index (κ2) is 4.10. The molecule has 3 heteroatoms. The molecule has 0 bridgehead atoms. The van der Waals surface area contributed by atoms with Crippen LogP contribution in [0.3, 0.4) is 0 Å². The van der Waals surface area contributed by atoms with Crippen molar-refractivity contribution in [2.45, 2.75) is 26.8 Å². The Labute approximate surface area is 95.9 Å². The van der Waals surface area contributed by atoms with Crippen molar-refractivity contribution in [2.75, 3.05) is 0 Å². The van der Waals surface area contributed by atoms with Gasteiger partial charge in [0.2, 0.25) is 0 Å². The molecule has 0 aliphatic carbocycles. The standard InChI is InChI=1S/C13H17N3/c1-9-6-4-5-7-13(9)16-11(3)12(8-15-16)10(2)14/h4-8,10H,14H2,1-3H3/t10-/m1/s1. The van der Waals surface area contributed by atoms with Crippen LogP contribution in [0.2, 0.25) is 0 Å². The molecule has 2 rings (SSSR count). The number of aryl methyl sites for hydroxylation is 1. The van der Waals surface area contributed by atoms with Crippen LogP contribution < -0.4 is 5.73 Å². The molecule has 0 amide bonds. The van der Waals surface area contributed by atoms with Crippen LogP contribution in [0.15, 0.2) is 30.5 Å². The number of hydrogen-bond donors (Lipinski definition) is 1. The molecular weight excluding hydrogens is 198 g/mol. The average molecular weight is 215 g/mol. The van der Waals surface area contributed by atoms with E-state index in [1.165, 1.54) is 5.56 Å². The average Bonchev–Trinajstić information content (AvgIpc) is 2.61. The van der Waals surface area contributed by atoms with Crippen LogP contribution in [0.25, 0.3) is 5.69 Å². The van der Waals surface area contributed by atoms with Crippen LogP contribution in [-0.4, -0.2) is 9.78 Å². The molecule has 0 radical (unpaired) electrons. The highest BCUT2D eigenvalue weighted by Crippen LogP contribution is 2.20. The van der Waals surface area contributed by atoms with Crippen LogP contribution in [-0.2, 0) is 0 Å². The van der Waals surface area contributed by atoms with Gasteiger partial charge in [0.25, 0.3) is 0 Å². The van der Waals surface area contributed by atoms with Crippen molar-refractivity contribution in [1.82, 2.24) is 9.78 Å². The van der Waals surface area contributed by atoms with E-state index in [1.54, 1.807) is 0 Å². The number of rotatable bonds is 2. The fourth-order valence-corrected chi connectivity index (χ4v) is 1.91. The molecule has 0 saturated carbocycles. The summed E-state index contributed by atoms with van der Waals surface area (Å²) in [6, 6.07) is 8.24. The van der Waals surface area contributed by atoms with Crippen molar-refractivity contribution in [2.24, 2.45) is 5.73 Å². The largest absolute Gasteiger partial charge is 0.324 e. The molecule has 1 heterocycles. The molecule has 1 aromatic carbocycles. The molecule has 1 atom stereocenters. The van der Waals surface area contributed by atoms with Crippen molar-refractivity contribution < 1.29 is 0 Å². The van der Waals surface area contributed by atoms with Crippen molar-refractivity contribution in [3.8, 4) is 5.69 Å². The molecule has 84 valence electrons. The normalized spacial score (nSPS) is 12.8. The van der Waals surface area contributed by atoms with Crippen molar-refractivity contribution in [3.05, 3.63) is 47.3 Å². The van der Waals surface area contributed by atoms with Gasteiger partial charge in [0, 0.05) is 17.3 Å². The predicted octanol–water partition coefficient (Wildman–Crippen LogP) is 2.51. The fourth-order valence-electron chi connectivity index (χ4n) is 1.91. The van der Waals surface area contributed by atoms with Crippen molar-refractivity contribution in [3.63, 3.8) is 0 Å². The van der Waals surface area contributed by atoms with Crippen LogP contribution >= 0.6 is 0 Å². The molecule has 0 aliphatic rings. The van der Waals surface area contributed by atoms with E-state index >= 15 is 0 Å². The third-order valence-corrected chi connectivity index (χ3v) is 2.88. The van der Waals surface area contributed by atoms with Gasteiger partial charge in [-0.25, -0.2) is 4.68 Å². The van der Waals surface area contributed by atoms with Gasteiger partial charge in [-0.05, 0) is 32.4 Å². The first-order valence-corrected chi connectivity index (χ1v) is 5.47. The number of nitrogens with zero attached hydrogens (tertiary/aromatic N) is 2. The number of para-hydroxylation sites is 1. The van der Waals surface area contributed by atoms with Gasteiger partial charge >= 0.3 is 0 Å². The summed E-state index contributed by atoms with van der Waals surface area (Å²) in [4.78, 5) is 0. The van der Waals surface area contributed by atoms with Crippen LogP contribution in [0.5, 0.6) is 0 Å². The van der Waals surface area contributed by atoms with Crippen LogP contribution in [0, 0.1) is 13.8 Å². The Morgan fingerprint density at radius 1 is 1.25 bits per heavy atom. The molecule has 2 N–H and O–H groups in total. The molecule has 0 fully saturated rings. The summed E-state index contributed by atoms with van der Waals surface area (Å²) in [7, 11) is 0. The van der Waals surface area contributed by atoms with Gasteiger partial charge in [0.15, 0.2) is 0 Å². The highest BCUT2D eigenvalue weighted by molar-refractivity contribution is 5.41. The van der Waals surface area contributed by atoms with E-state index in [2.05, 4.69) is 31.1 Å². The Hall–Kier alpha value is -1.61. The molecule has 0 aliphatic heterocycles. The molecule has 2 aromatic rings. The zero-order valence-corrected chi connectivity index (χ0v) is 9.94. The maximum atomic E-state index is 5.89. The van der Waals surface area contributed by atoms with Gasteiger partial charge in [0.05, 0.1) is 11.9 Å². The van der Waals surface area contributed by atoms with Gasteiger partial charge in [-0.3, -0.25) is 0 Å². The summed E-state index contributed by atoms with van der Waals surface area (Å²) < 4.78 is 1.95. The summed E-state index contributed by atoms with van der Waals surface area (Å²) in [6.07, 6.45) is 1.85. The summed E-state index contributed by atoms with van der Waals surface area (Å²) in [5, 5.41) is 4.40. The van der Waals surface area contributed by atoms with E-state index in [0.29, 0.717) is 0 Å². The Kier molecular flexibility index (Phi) is 2.79. The van der Waals surface area contributed by atoms with E-state index < -0.39 is 0 Å². The summed E-state index contributed by atoms with van der Waals surface area (Å²) in [5.74, 6) is 0. The third-order valence-electron chi connectivity index (χ3n) is 2.88. The minimum Gasteiger partial charge on any atom is -0.324 e. The van der Waals surface area contributed by atoms with E-state index in [-0.39, 0.29) is 6.04 Å². The lowest BCUT2D eigenvalue weighted by molar-refractivity contribution is 0.795. The molecule has 0 unspecified atom stereocenters. The number of aromatic nitrogens is 2. The second-order valence-corrected chi connectivity index (χ2v) is 4.17. The highest BCUT2D eigenvalue weighted by Gasteiger charge is 2.11. The lowest BCUT2D eigenvalue weighted by Gasteiger charge is -2.09. The molecule has 3 nitrogen and oxygen atoms in total. The monoisotopic (exact) mass is 215 g/mol. The van der Waals surface area contributed by atoms with E-state index in [0.717, 1.165) is 16.9 Å². The Balaban J connectivity index is 2.54. The number of nitrogens with two attached hydrogens (primary N) is 1. The lowest BCUT2D eigenvalue weighted by atomic mass is 10.1. The first kappa shape index (κ1) is 10.9. The minimum absolute atomic E-state index is 0.0257. The summed E-state index contributed by atoms with van der Waals surface area (Å²) in [6.45, 7) is 6.12.